The van der Waals surface area contributed by atoms with Gasteiger partial charge in [-0.3, -0.25) is 9.59 Å². The molecule has 1 fully saturated rings. The van der Waals surface area contributed by atoms with Crippen molar-refractivity contribution in [3.05, 3.63) is 40.7 Å². The number of aromatic nitrogens is 2. The fourth-order valence-electron chi connectivity index (χ4n) is 5.46. The van der Waals surface area contributed by atoms with Gasteiger partial charge in [-0.05, 0) is 68.6 Å². The number of ketones is 1. The van der Waals surface area contributed by atoms with E-state index in [0.29, 0.717) is 28.9 Å². The Hall–Kier alpha value is -3.69. The molecule has 10 heteroatoms. The minimum absolute atomic E-state index is 0.0860. The topological polar surface area (TPSA) is 143 Å². The summed E-state index contributed by atoms with van der Waals surface area (Å²) in [5.74, 6) is -1.53. The third kappa shape index (κ3) is 6.00. The summed E-state index contributed by atoms with van der Waals surface area (Å²) in [6, 6.07) is 5.44. The molecule has 1 aromatic carbocycles. The first-order valence-electron chi connectivity index (χ1n) is 12.6. The van der Waals surface area contributed by atoms with Gasteiger partial charge in [-0.25, -0.2) is 24.0 Å². The summed E-state index contributed by atoms with van der Waals surface area (Å²) in [7, 11) is 0. The highest BCUT2D eigenvalue weighted by Crippen LogP contribution is 2.37. The Morgan fingerprint density at radius 2 is 1.84 bits per heavy atom. The van der Waals surface area contributed by atoms with Crippen molar-refractivity contribution in [3.63, 3.8) is 0 Å². The molecule has 1 saturated carbocycles. The predicted octanol–water partition coefficient (Wildman–Crippen LogP) is 3.82. The zero-order valence-electron chi connectivity index (χ0n) is 21.8. The van der Waals surface area contributed by atoms with Gasteiger partial charge in [0, 0.05) is 25.1 Å². The van der Waals surface area contributed by atoms with Gasteiger partial charge in [-0.2, -0.15) is 5.10 Å². The molecule has 2 aromatic rings. The molecule has 198 valence electrons. The van der Waals surface area contributed by atoms with Gasteiger partial charge in [-0.15, -0.1) is 0 Å². The number of carbonyl (C=O) groups excluding carboxylic acids is 4. The molecule has 0 unspecified atom stereocenters. The molecule has 0 radical (unpaired) electrons. The van der Waals surface area contributed by atoms with E-state index in [1.165, 1.54) is 6.92 Å². The number of nitrogens with zero attached hydrogens (tertiary/aromatic N) is 2. The molecule has 0 saturated heterocycles. The van der Waals surface area contributed by atoms with Gasteiger partial charge in [0.1, 0.15) is 0 Å². The van der Waals surface area contributed by atoms with Crippen molar-refractivity contribution in [2.24, 2.45) is 17.1 Å². The smallest absolute Gasteiger partial charge is 0.355 e. The first kappa shape index (κ1) is 26.4. The maximum atomic E-state index is 12.8. The summed E-state index contributed by atoms with van der Waals surface area (Å²) in [5.41, 5.74) is 9.54. The maximum Gasteiger partial charge on any atom is 0.355 e. The average Bonchev–Trinajstić information content (AvgIpc) is 3.14. The van der Waals surface area contributed by atoms with Gasteiger partial charge in [0.2, 0.25) is 0 Å². The highest BCUT2D eigenvalue weighted by atomic mass is 17.2. The second-order valence-corrected chi connectivity index (χ2v) is 11.0. The lowest BCUT2D eigenvalue weighted by Crippen LogP contribution is -2.29. The van der Waals surface area contributed by atoms with E-state index >= 15 is 0 Å². The van der Waals surface area contributed by atoms with Crippen molar-refractivity contribution in [2.75, 3.05) is 5.32 Å². The Morgan fingerprint density at radius 1 is 1.14 bits per heavy atom. The van der Waals surface area contributed by atoms with Crippen LogP contribution in [0.4, 0.5) is 5.69 Å². The van der Waals surface area contributed by atoms with E-state index in [0.717, 1.165) is 43.5 Å². The van der Waals surface area contributed by atoms with Crippen LogP contribution < -0.4 is 11.1 Å². The predicted molar refractivity (Wildman–Crippen MR) is 135 cm³/mol. The van der Waals surface area contributed by atoms with Crippen LogP contribution >= 0.6 is 0 Å². The van der Waals surface area contributed by atoms with Gasteiger partial charge in [0.25, 0.3) is 5.91 Å². The van der Waals surface area contributed by atoms with Gasteiger partial charge < -0.3 is 11.1 Å². The Morgan fingerprint density at radius 3 is 2.49 bits per heavy atom. The number of nitrogens with two attached hydrogens (primary N) is 1. The standard InChI is InChI=1S/C27H34N4O6/c1-15-25-22(13-27(3,4)14-23(25)33)31(30-15)19-9-10-20(26(28)35)21(12-19)29-18-7-5-17(6-8-18)11-24(34)37-36-16(2)32/h9-10,12,17-18,29H,5-8,11,13-14H2,1-4H3,(H2,28,35). The van der Waals surface area contributed by atoms with Crippen molar-refractivity contribution in [3.8, 4) is 5.69 Å². The van der Waals surface area contributed by atoms with Crippen LogP contribution in [0.5, 0.6) is 0 Å². The second-order valence-electron chi connectivity index (χ2n) is 11.0. The number of primary amides is 1. The number of hydrogen-bond acceptors (Lipinski definition) is 8. The molecule has 0 bridgehead atoms. The van der Waals surface area contributed by atoms with E-state index in [1.54, 1.807) is 12.1 Å². The normalized spacial score (nSPS) is 20.6. The van der Waals surface area contributed by atoms with Crippen LogP contribution in [0, 0.1) is 18.3 Å². The number of amides is 1. The van der Waals surface area contributed by atoms with Gasteiger partial charge in [0.15, 0.2) is 5.78 Å². The lowest BCUT2D eigenvalue weighted by molar-refractivity contribution is -0.258. The van der Waals surface area contributed by atoms with Crippen LogP contribution in [0.1, 0.15) is 91.4 Å². The van der Waals surface area contributed by atoms with Crippen molar-refractivity contribution in [2.45, 2.75) is 78.7 Å². The number of aryl methyl sites for hydroxylation is 1. The molecule has 2 aliphatic rings. The third-order valence-corrected chi connectivity index (χ3v) is 7.15. The number of carbonyl (C=O) groups is 4. The average molecular weight is 511 g/mol. The summed E-state index contributed by atoms with van der Waals surface area (Å²) in [4.78, 5) is 56.5. The monoisotopic (exact) mass is 510 g/mol. The zero-order chi connectivity index (χ0) is 26.9. The fourth-order valence-corrected chi connectivity index (χ4v) is 5.46. The van der Waals surface area contributed by atoms with E-state index in [-0.39, 0.29) is 29.6 Å². The molecule has 2 aliphatic carbocycles. The van der Waals surface area contributed by atoms with Crippen molar-refractivity contribution >= 4 is 29.3 Å². The minimum Gasteiger partial charge on any atom is -0.382 e. The molecule has 0 aliphatic heterocycles. The Kier molecular flexibility index (Phi) is 7.38. The number of Topliss-reactive ketones (excluding diaryl/α,β-unsaturated/α-hetero) is 1. The second kappa shape index (κ2) is 10.4. The molecule has 1 amide bonds. The number of nitrogens with one attached hydrogen (secondary N) is 1. The molecule has 1 aromatic heterocycles. The van der Waals surface area contributed by atoms with Crippen molar-refractivity contribution in [1.82, 2.24) is 9.78 Å². The largest absolute Gasteiger partial charge is 0.382 e. The summed E-state index contributed by atoms with van der Waals surface area (Å²) >= 11 is 0. The van der Waals surface area contributed by atoms with Crippen LogP contribution in [0.15, 0.2) is 18.2 Å². The first-order valence-corrected chi connectivity index (χ1v) is 12.6. The van der Waals surface area contributed by atoms with Crippen LogP contribution in [-0.4, -0.2) is 39.5 Å². The number of hydrogen-bond donors (Lipinski definition) is 2. The van der Waals surface area contributed by atoms with E-state index in [2.05, 4.69) is 34.0 Å². The van der Waals surface area contributed by atoms with Crippen LogP contribution in [0.3, 0.4) is 0 Å². The maximum absolute atomic E-state index is 12.8. The Labute approximate surface area is 215 Å². The number of rotatable bonds is 6. The Balaban J connectivity index is 1.51. The van der Waals surface area contributed by atoms with Crippen LogP contribution in [0.25, 0.3) is 5.69 Å². The molecular formula is C27H34N4O6. The number of anilines is 1. The summed E-state index contributed by atoms with van der Waals surface area (Å²) in [5, 5.41) is 8.15. The molecular weight excluding hydrogens is 476 g/mol. The summed E-state index contributed by atoms with van der Waals surface area (Å²) in [6.45, 7) is 7.18. The van der Waals surface area contributed by atoms with E-state index in [9.17, 15) is 19.2 Å². The summed E-state index contributed by atoms with van der Waals surface area (Å²) in [6.07, 6.45) is 4.52. The van der Waals surface area contributed by atoms with Crippen LogP contribution in [-0.2, 0) is 25.8 Å². The van der Waals surface area contributed by atoms with Gasteiger partial charge in [0.05, 0.1) is 34.6 Å². The molecule has 10 nitrogen and oxygen atoms in total. The lowest BCUT2D eigenvalue weighted by atomic mass is 9.75. The van der Waals surface area contributed by atoms with Crippen molar-refractivity contribution in [1.29, 1.82) is 0 Å². The molecule has 37 heavy (non-hydrogen) atoms. The Bertz CT molecular complexity index is 1240. The van der Waals surface area contributed by atoms with Gasteiger partial charge >= 0.3 is 11.9 Å². The zero-order valence-corrected chi connectivity index (χ0v) is 21.8. The first-order chi connectivity index (χ1) is 17.4. The fraction of sp³-hybridized carbons (Fsp3) is 0.519. The number of benzene rings is 1. The molecule has 0 spiro atoms. The lowest BCUT2D eigenvalue weighted by Gasteiger charge is -2.30. The SMILES string of the molecule is CC(=O)OOC(=O)CC1CCC(Nc2cc(-n3nc(C)c4c3CC(C)(C)CC4=O)ccc2C(N)=O)CC1. The van der Waals surface area contributed by atoms with E-state index in [1.807, 2.05) is 17.7 Å². The number of fused-ring (bicyclic) bond motifs is 1. The summed E-state index contributed by atoms with van der Waals surface area (Å²) < 4.78 is 1.81. The van der Waals surface area contributed by atoms with E-state index in [4.69, 9.17) is 5.73 Å². The van der Waals surface area contributed by atoms with Crippen LogP contribution in [0.2, 0.25) is 0 Å². The molecule has 4 rings (SSSR count). The van der Waals surface area contributed by atoms with Crippen molar-refractivity contribution < 1.29 is 29.0 Å². The molecule has 3 N–H and O–H groups in total. The third-order valence-electron chi connectivity index (χ3n) is 7.15. The highest BCUT2D eigenvalue weighted by molar-refractivity contribution is 6.00. The van der Waals surface area contributed by atoms with Gasteiger partial charge in [-0.1, -0.05) is 13.8 Å². The highest BCUT2D eigenvalue weighted by Gasteiger charge is 2.36. The quantitative estimate of drug-likeness (QED) is 0.441. The molecule has 1 heterocycles. The minimum atomic E-state index is -0.671. The van der Waals surface area contributed by atoms with E-state index < -0.39 is 17.8 Å². The molecule has 0 atom stereocenters.